The zero-order valence-corrected chi connectivity index (χ0v) is 14.1. The fourth-order valence-electron chi connectivity index (χ4n) is 2.34. The van der Waals surface area contributed by atoms with Crippen LogP contribution in [-0.4, -0.2) is 32.5 Å². The fraction of sp³-hybridized carbons (Fsp3) is 0.625. The Hall–Kier alpha value is -0.580. The minimum atomic E-state index is -2.89. The maximum atomic E-state index is 11.7. The zero-order valence-electron chi connectivity index (χ0n) is 12.5. The standard InChI is InChI=1S/C16H24ClNO2S/c1-2-21(19,20)10-9-14(12-18-16-7-8-16)11-13-3-5-15(17)6-4-13/h3-6,14,16,18H,2,7-12H2,1H3. The van der Waals surface area contributed by atoms with Gasteiger partial charge in [0.05, 0.1) is 5.75 Å². The monoisotopic (exact) mass is 329 g/mol. The molecule has 2 rings (SSSR count). The average molecular weight is 330 g/mol. The molecular formula is C16H24ClNO2S. The number of benzene rings is 1. The van der Waals surface area contributed by atoms with Crippen molar-refractivity contribution in [2.24, 2.45) is 5.92 Å². The van der Waals surface area contributed by atoms with E-state index in [0.717, 1.165) is 24.4 Å². The highest BCUT2D eigenvalue weighted by molar-refractivity contribution is 7.91. The molecular weight excluding hydrogens is 306 g/mol. The van der Waals surface area contributed by atoms with Crippen molar-refractivity contribution in [3.05, 3.63) is 34.9 Å². The van der Waals surface area contributed by atoms with E-state index in [-0.39, 0.29) is 11.5 Å². The van der Waals surface area contributed by atoms with Gasteiger partial charge in [-0.2, -0.15) is 0 Å². The Labute approximate surface area is 133 Å². The molecule has 1 atom stereocenters. The summed E-state index contributed by atoms with van der Waals surface area (Å²) in [7, 11) is -2.89. The van der Waals surface area contributed by atoms with E-state index in [1.54, 1.807) is 6.92 Å². The Bertz CT molecular complexity index is 538. The summed E-state index contributed by atoms with van der Waals surface area (Å²) < 4.78 is 23.4. The Morgan fingerprint density at radius 3 is 2.52 bits per heavy atom. The molecule has 0 amide bonds. The molecule has 5 heteroatoms. The minimum Gasteiger partial charge on any atom is -0.314 e. The predicted molar refractivity (Wildman–Crippen MR) is 88.6 cm³/mol. The maximum Gasteiger partial charge on any atom is 0.150 e. The number of hydrogen-bond donors (Lipinski definition) is 1. The Morgan fingerprint density at radius 2 is 1.95 bits per heavy atom. The van der Waals surface area contributed by atoms with Gasteiger partial charge in [-0.15, -0.1) is 0 Å². The Kier molecular flexibility index (Phi) is 6.08. The second kappa shape index (κ2) is 7.61. The number of nitrogens with one attached hydrogen (secondary N) is 1. The Balaban J connectivity index is 1.91. The highest BCUT2D eigenvalue weighted by Gasteiger charge is 2.22. The van der Waals surface area contributed by atoms with Gasteiger partial charge in [0.15, 0.2) is 0 Å². The van der Waals surface area contributed by atoms with Gasteiger partial charge in [-0.25, -0.2) is 8.42 Å². The minimum absolute atomic E-state index is 0.233. The lowest BCUT2D eigenvalue weighted by Crippen LogP contribution is -2.28. The molecule has 1 saturated carbocycles. The second-order valence-corrected chi connectivity index (χ2v) is 8.81. The summed E-state index contributed by atoms with van der Waals surface area (Å²) >= 11 is 5.91. The van der Waals surface area contributed by atoms with Crippen molar-refractivity contribution in [1.29, 1.82) is 0 Å². The topological polar surface area (TPSA) is 46.2 Å². The molecule has 1 aromatic rings. The first kappa shape index (κ1) is 16.8. The first-order chi connectivity index (χ1) is 9.98. The highest BCUT2D eigenvalue weighted by atomic mass is 35.5. The molecule has 0 bridgehead atoms. The Morgan fingerprint density at radius 1 is 1.29 bits per heavy atom. The summed E-state index contributed by atoms with van der Waals surface area (Å²) in [4.78, 5) is 0. The third-order valence-corrected chi connectivity index (χ3v) is 5.98. The largest absolute Gasteiger partial charge is 0.314 e. The molecule has 0 heterocycles. The van der Waals surface area contributed by atoms with Crippen molar-refractivity contribution in [3.63, 3.8) is 0 Å². The van der Waals surface area contributed by atoms with Crippen LogP contribution in [-0.2, 0) is 16.3 Å². The van der Waals surface area contributed by atoms with E-state index in [1.165, 1.54) is 18.4 Å². The normalized spacial score (nSPS) is 16.9. The molecule has 1 aromatic carbocycles. The lowest BCUT2D eigenvalue weighted by Gasteiger charge is -2.18. The summed E-state index contributed by atoms with van der Waals surface area (Å²) in [5, 5.41) is 4.26. The van der Waals surface area contributed by atoms with Gasteiger partial charge in [-0.05, 0) is 55.8 Å². The van der Waals surface area contributed by atoms with Crippen LogP contribution in [0.2, 0.25) is 5.02 Å². The van der Waals surface area contributed by atoms with Crippen molar-refractivity contribution < 1.29 is 8.42 Å². The van der Waals surface area contributed by atoms with Crippen LogP contribution in [0.5, 0.6) is 0 Å². The van der Waals surface area contributed by atoms with Crippen LogP contribution in [0.15, 0.2) is 24.3 Å². The van der Waals surface area contributed by atoms with Gasteiger partial charge < -0.3 is 5.32 Å². The van der Waals surface area contributed by atoms with E-state index < -0.39 is 9.84 Å². The van der Waals surface area contributed by atoms with Gasteiger partial charge in [-0.1, -0.05) is 30.7 Å². The quantitative estimate of drug-likeness (QED) is 0.757. The highest BCUT2D eigenvalue weighted by Crippen LogP contribution is 2.21. The van der Waals surface area contributed by atoms with E-state index in [9.17, 15) is 8.42 Å². The molecule has 1 N–H and O–H groups in total. The third kappa shape index (κ3) is 6.37. The van der Waals surface area contributed by atoms with Crippen molar-refractivity contribution >= 4 is 21.4 Å². The molecule has 1 aliphatic rings. The average Bonchev–Trinajstić information content (AvgIpc) is 3.28. The molecule has 1 fully saturated rings. The van der Waals surface area contributed by atoms with E-state index in [0.29, 0.717) is 12.0 Å². The van der Waals surface area contributed by atoms with E-state index in [1.807, 2.05) is 24.3 Å². The summed E-state index contributed by atoms with van der Waals surface area (Å²) in [6.45, 7) is 2.61. The van der Waals surface area contributed by atoms with Gasteiger partial charge in [0.2, 0.25) is 0 Å². The summed E-state index contributed by atoms with van der Waals surface area (Å²) in [5.74, 6) is 0.873. The van der Waals surface area contributed by atoms with Crippen LogP contribution < -0.4 is 5.32 Å². The van der Waals surface area contributed by atoms with Gasteiger partial charge >= 0.3 is 0 Å². The smallest absolute Gasteiger partial charge is 0.150 e. The number of halogens is 1. The summed E-state index contributed by atoms with van der Waals surface area (Å²) in [6.07, 6.45) is 4.12. The van der Waals surface area contributed by atoms with Crippen LogP contribution in [0.3, 0.4) is 0 Å². The van der Waals surface area contributed by atoms with E-state index >= 15 is 0 Å². The molecule has 3 nitrogen and oxygen atoms in total. The molecule has 0 radical (unpaired) electrons. The predicted octanol–water partition coefficient (Wildman–Crippen LogP) is 3.08. The molecule has 0 saturated heterocycles. The summed E-state index contributed by atoms with van der Waals surface area (Å²) in [6, 6.07) is 8.50. The zero-order chi connectivity index (χ0) is 15.3. The summed E-state index contributed by atoms with van der Waals surface area (Å²) in [5.41, 5.74) is 1.22. The van der Waals surface area contributed by atoms with Gasteiger partial charge in [-0.3, -0.25) is 0 Å². The lowest BCUT2D eigenvalue weighted by atomic mass is 9.97. The van der Waals surface area contributed by atoms with E-state index in [4.69, 9.17) is 11.6 Å². The van der Waals surface area contributed by atoms with Crippen molar-refractivity contribution in [2.45, 2.75) is 38.6 Å². The van der Waals surface area contributed by atoms with Crippen molar-refractivity contribution in [2.75, 3.05) is 18.1 Å². The van der Waals surface area contributed by atoms with Crippen LogP contribution >= 0.6 is 11.6 Å². The fourth-order valence-corrected chi connectivity index (χ4v) is 3.45. The SMILES string of the molecule is CCS(=O)(=O)CCC(CNC1CC1)Cc1ccc(Cl)cc1. The molecule has 0 aliphatic heterocycles. The van der Waals surface area contributed by atoms with Crippen LogP contribution in [0.25, 0.3) is 0 Å². The van der Waals surface area contributed by atoms with Gasteiger partial charge in [0.1, 0.15) is 9.84 Å². The van der Waals surface area contributed by atoms with E-state index in [2.05, 4.69) is 5.32 Å². The van der Waals surface area contributed by atoms with Gasteiger partial charge in [0.25, 0.3) is 0 Å². The first-order valence-corrected chi connectivity index (χ1v) is 9.86. The lowest BCUT2D eigenvalue weighted by molar-refractivity contribution is 0.457. The van der Waals surface area contributed by atoms with Gasteiger partial charge in [0, 0.05) is 16.8 Å². The molecule has 118 valence electrons. The number of sulfone groups is 1. The molecule has 1 unspecified atom stereocenters. The van der Waals surface area contributed by atoms with Crippen LogP contribution in [0.4, 0.5) is 0 Å². The molecule has 0 spiro atoms. The van der Waals surface area contributed by atoms with Crippen molar-refractivity contribution in [1.82, 2.24) is 5.32 Å². The number of hydrogen-bond acceptors (Lipinski definition) is 3. The second-order valence-electron chi connectivity index (χ2n) is 5.90. The maximum absolute atomic E-state index is 11.7. The number of rotatable bonds is 9. The van der Waals surface area contributed by atoms with Crippen molar-refractivity contribution in [3.8, 4) is 0 Å². The molecule has 0 aromatic heterocycles. The third-order valence-electron chi connectivity index (χ3n) is 3.99. The first-order valence-electron chi connectivity index (χ1n) is 7.67. The van der Waals surface area contributed by atoms with Crippen LogP contribution in [0, 0.1) is 5.92 Å². The van der Waals surface area contributed by atoms with Crippen LogP contribution in [0.1, 0.15) is 31.7 Å². The molecule has 21 heavy (non-hydrogen) atoms. The molecule has 1 aliphatic carbocycles.